The maximum Gasteiger partial charge on any atom is 0.295 e. The third kappa shape index (κ3) is 4.22. The predicted molar refractivity (Wildman–Crippen MR) is 135 cm³/mol. The first-order valence-corrected chi connectivity index (χ1v) is 12.4. The molecule has 5 rings (SSSR count). The zero-order valence-electron chi connectivity index (χ0n) is 20.5. The normalized spacial score (nSPS) is 21.4. The highest BCUT2D eigenvalue weighted by Crippen LogP contribution is 2.44. The van der Waals surface area contributed by atoms with Crippen LogP contribution in [0.2, 0.25) is 0 Å². The van der Waals surface area contributed by atoms with Crippen LogP contribution >= 0.6 is 0 Å². The van der Waals surface area contributed by atoms with Gasteiger partial charge in [0.25, 0.3) is 11.7 Å². The van der Waals surface area contributed by atoms with Gasteiger partial charge in [0, 0.05) is 41.9 Å². The molecule has 8 nitrogen and oxygen atoms in total. The SMILES string of the molecule is CCOc1ccc(/C(O)=C2\C(=O)C(=O)N(CC3CCCO3)C2c2c[nH]c3ccccc23)c(OCC)c1. The first-order valence-electron chi connectivity index (χ1n) is 12.4. The summed E-state index contributed by atoms with van der Waals surface area (Å²) < 4.78 is 17.2. The molecule has 36 heavy (non-hydrogen) atoms. The van der Waals surface area contributed by atoms with Gasteiger partial charge in [0.2, 0.25) is 0 Å². The monoisotopic (exact) mass is 490 g/mol. The summed E-state index contributed by atoms with van der Waals surface area (Å²) in [5.74, 6) is -0.679. The Labute approximate surface area is 209 Å². The van der Waals surface area contributed by atoms with Crippen LogP contribution in [0.15, 0.2) is 54.2 Å². The van der Waals surface area contributed by atoms with Crippen LogP contribution in [0, 0.1) is 0 Å². The van der Waals surface area contributed by atoms with Gasteiger partial charge in [0.05, 0.1) is 36.5 Å². The molecule has 0 spiro atoms. The third-order valence-corrected chi connectivity index (χ3v) is 6.70. The number of rotatable bonds is 8. The van der Waals surface area contributed by atoms with E-state index in [1.807, 2.05) is 38.1 Å². The number of fused-ring (bicyclic) bond motifs is 1. The summed E-state index contributed by atoms with van der Waals surface area (Å²) in [6.45, 7) is 5.46. The van der Waals surface area contributed by atoms with Gasteiger partial charge in [-0.05, 0) is 44.9 Å². The van der Waals surface area contributed by atoms with E-state index < -0.39 is 17.7 Å². The number of nitrogens with zero attached hydrogens (tertiary/aromatic N) is 1. The van der Waals surface area contributed by atoms with Crippen LogP contribution in [0.3, 0.4) is 0 Å². The Kier molecular flexibility index (Phi) is 6.69. The zero-order valence-corrected chi connectivity index (χ0v) is 20.5. The molecule has 188 valence electrons. The lowest BCUT2D eigenvalue weighted by molar-refractivity contribution is -0.140. The molecule has 1 amide bonds. The Morgan fingerprint density at radius 2 is 1.94 bits per heavy atom. The Hall–Kier alpha value is -3.78. The fourth-order valence-electron chi connectivity index (χ4n) is 5.09. The second kappa shape index (κ2) is 10.1. The molecular weight excluding hydrogens is 460 g/mol. The second-order valence-electron chi connectivity index (χ2n) is 8.90. The van der Waals surface area contributed by atoms with E-state index >= 15 is 0 Å². The number of amides is 1. The van der Waals surface area contributed by atoms with E-state index in [4.69, 9.17) is 14.2 Å². The molecule has 2 unspecified atom stereocenters. The summed E-state index contributed by atoms with van der Waals surface area (Å²) in [5.41, 5.74) is 1.99. The molecule has 0 aliphatic carbocycles. The number of likely N-dealkylation sites (tertiary alicyclic amines) is 1. The molecule has 2 saturated heterocycles. The van der Waals surface area contributed by atoms with Crippen molar-refractivity contribution in [2.45, 2.75) is 38.8 Å². The first kappa shape index (κ1) is 23.9. The smallest absolute Gasteiger partial charge is 0.295 e. The number of hydrogen-bond donors (Lipinski definition) is 2. The highest BCUT2D eigenvalue weighted by Gasteiger charge is 2.48. The van der Waals surface area contributed by atoms with Crippen LogP contribution in [0.1, 0.15) is 43.9 Å². The van der Waals surface area contributed by atoms with Crippen molar-refractivity contribution in [2.75, 3.05) is 26.4 Å². The summed E-state index contributed by atoms with van der Waals surface area (Å²) in [6.07, 6.45) is 3.38. The van der Waals surface area contributed by atoms with E-state index in [-0.39, 0.29) is 24.0 Å². The van der Waals surface area contributed by atoms with Gasteiger partial charge < -0.3 is 29.2 Å². The molecule has 0 bridgehead atoms. The van der Waals surface area contributed by atoms with Gasteiger partial charge in [-0.3, -0.25) is 9.59 Å². The minimum absolute atomic E-state index is 0.0351. The number of nitrogens with one attached hydrogen (secondary N) is 1. The summed E-state index contributed by atoms with van der Waals surface area (Å²) in [6, 6.07) is 12.0. The number of carbonyl (C=O) groups excluding carboxylic acids is 2. The van der Waals surface area contributed by atoms with E-state index in [1.165, 1.54) is 4.90 Å². The lowest BCUT2D eigenvalue weighted by Crippen LogP contribution is -2.36. The van der Waals surface area contributed by atoms with E-state index in [2.05, 4.69) is 4.98 Å². The van der Waals surface area contributed by atoms with Crippen molar-refractivity contribution in [3.63, 3.8) is 0 Å². The molecule has 3 heterocycles. The number of benzene rings is 2. The lowest BCUT2D eigenvalue weighted by atomic mass is 9.94. The Morgan fingerprint density at radius 1 is 1.14 bits per heavy atom. The fourth-order valence-corrected chi connectivity index (χ4v) is 5.09. The molecule has 2 N–H and O–H groups in total. The Balaban J connectivity index is 1.67. The van der Waals surface area contributed by atoms with Gasteiger partial charge in [-0.1, -0.05) is 18.2 Å². The number of ketones is 1. The second-order valence-corrected chi connectivity index (χ2v) is 8.90. The van der Waals surface area contributed by atoms with Crippen molar-refractivity contribution < 1.29 is 28.9 Å². The molecule has 2 fully saturated rings. The molecule has 0 radical (unpaired) electrons. The number of ether oxygens (including phenoxy) is 3. The largest absolute Gasteiger partial charge is 0.507 e. The van der Waals surface area contributed by atoms with E-state index in [1.54, 1.807) is 24.4 Å². The first-order chi connectivity index (χ1) is 17.5. The Bertz CT molecular complexity index is 1320. The minimum Gasteiger partial charge on any atom is -0.507 e. The molecule has 2 atom stereocenters. The van der Waals surface area contributed by atoms with Crippen LogP contribution in [0.25, 0.3) is 16.7 Å². The van der Waals surface area contributed by atoms with Crippen molar-refractivity contribution in [3.05, 3.63) is 65.4 Å². The number of Topliss-reactive ketones (excluding diaryl/α,β-unsaturated/α-hetero) is 1. The van der Waals surface area contributed by atoms with Crippen LogP contribution in [-0.2, 0) is 14.3 Å². The number of hydrogen-bond acceptors (Lipinski definition) is 6. The number of aliphatic hydroxyl groups is 1. The van der Waals surface area contributed by atoms with Gasteiger partial charge in [-0.25, -0.2) is 0 Å². The van der Waals surface area contributed by atoms with Gasteiger partial charge >= 0.3 is 0 Å². The van der Waals surface area contributed by atoms with Crippen molar-refractivity contribution in [2.24, 2.45) is 0 Å². The van der Waals surface area contributed by atoms with Crippen LogP contribution < -0.4 is 9.47 Å². The Morgan fingerprint density at radius 3 is 2.69 bits per heavy atom. The van der Waals surface area contributed by atoms with Gasteiger partial charge in [0.1, 0.15) is 17.3 Å². The van der Waals surface area contributed by atoms with Gasteiger partial charge in [0.15, 0.2) is 0 Å². The number of aromatic amines is 1. The topological polar surface area (TPSA) is 101 Å². The number of aliphatic hydroxyl groups excluding tert-OH is 1. The van der Waals surface area contributed by atoms with Crippen LogP contribution in [0.4, 0.5) is 0 Å². The summed E-state index contributed by atoms with van der Waals surface area (Å²) in [4.78, 5) is 31.6. The maximum absolute atomic E-state index is 13.5. The predicted octanol–water partition coefficient (Wildman–Crippen LogP) is 4.57. The fraction of sp³-hybridized carbons (Fsp3) is 0.357. The van der Waals surface area contributed by atoms with Crippen LogP contribution in [0.5, 0.6) is 11.5 Å². The van der Waals surface area contributed by atoms with E-state index in [0.29, 0.717) is 36.9 Å². The average Bonchev–Trinajstić information content (AvgIpc) is 3.60. The quantitative estimate of drug-likeness (QED) is 0.273. The summed E-state index contributed by atoms with van der Waals surface area (Å²) >= 11 is 0. The highest BCUT2D eigenvalue weighted by molar-refractivity contribution is 6.46. The minimum atomic E-state index is -0.772. The van der Waals surface area contributed by atoms with Crippen molar-refractivity contribution in [3.8, 4) is 11.5 Å². The van der Waals surface area contributed by atoms with Crippen molar-refractivity contribution >= 4 is 28.4 Å². The third-order valence-electron chi connectivity index (χ3n) is 6.70. The molecule has 1 aromatic heterocycles. The average molecular weight is 491 g/mol. The molecule has 2 aliphatic rings. The van der Waals surface area contributed by atoms with Gasteiger partial charge in [-0.15, -0.1) is 0 Å². The number of H-pyrrole nitrogens is 1. The number of carbonyl (C=O) groups is 2. The van der Waals surface area contributed by atoms with Gasteiger partial charge in [-0.2, -0.15) is 0 Å². The number of para-hydroxylation sites is 1. The highest BCUT2D eigenvalue weighted by atomic mass is 16.5. The summed E-state index contributed by atoms with van der Waals surface area (Å²) in [7, 11) is 0. The molecule has 3 aromatic rings. The summed E-state index contributed by atoms with van der Waals surface area (Å²) in [5, 5.41) is 12.5. The molecule has 8 heteroatoms. The molecular formula is C28H30N2O6. The van der Waals surface area contributed by atoms with Crippen LogP contribution in [-0.4, -0.2) is 59.2 Å². The maximum atomic E-state index is 13.5. The number of aromatic nitrogens is 1. The molecule has 0 saturated carbocycles. The van der Waals surface area contributed by atoms with E-state index in [9.17, 15) is 14.7 Å². The van der Waals surface area contributed by atoms with Crippen molar-refractivity contribution in [1.82, 2.24) is 9.88 Å². The standard InChI is InChI=1S/C28H30N2O6/c1-3-34-17-11-12-20(23(14-17)35-4-2)26(31)24-25(21-15-29-22-10-6-5-9-19(21)22)30(28(33)27(24)32)16-18-8-7-13-36-18/h5-6,9-12,14-15,18,25,29,31H,3-4,7-8,13,16H2,1-2H3/b26-24+. The van der Waals surface area contributed by atoms with E-state index in [0.717, 1.165) is 29.3 Å². The lowest BCUT2D eigenvalue weighted by Gasteiger charge is -2.27. The molecule has 2 aromatic carbocycles. The van der Waals surface area contributed by atoms with Crippen molar-refractivity contribution in [1.29, 1.82) is 0 Å². The molecule has 2 aliphatic heterocycles. The zero-order chi connectivity index (χ0) is 25.2.